The summed E-state index contributed by atoms with van der Waals surface area (Å²) in [4.78, 5) is 15.6. The van der Waals surface area contributed by atoms with Crippen molar-refractivity contribution in [2.24, 2.45) is 0 Å². The van der Waals surface area contributed by atoms with Gasteiger partial charge in [0, 0.05) is 6.20 Å². The highest BCUT2D eigenvalue weighted by molar-refractivity contribution is 5.96. The van der Waals surface area contributed by atoms with Crippen molar-refractivity contribution in [3.05, 3.63) is 17.8 Å². The maximum Gasteiger partial charge on any atom is 0.340 e. The summed E-state index contributed by atoms with van der Waals surface area (Å²) in [7, 11) is 0. The molecule has 0 spiro atoms. The van der Waals surface area contributed by atoms with Crippen molar-refractivity contribution in [1.82, 2.24) is 4.98 Å². The number of esters is 1. The van der Waals surface area contributed by atoms with E-state index in [1.807, 2.05) is 0 Å². The Hall–Kier alpha value is -1.78. The van der Waals surface area contributed by atoms with Crippen LogP contribution < -0.4 is 10.5 Å². The van der Waals surface area contributed by atoms with Crippen LogP contribution in [0.3, 0.4) is 0 Å². The highest BCUT2D eigenvalue weighted by Crippen LogP contribution is 2.29. The molecule has 1 aliphatic carbocycles. The molecule has 2 rings (SSSR count). The lowest BCUT2D eigenvalue weighted by atomic mass is 9.96. The van der Waals surface area contributed by atoms with Crippen molar-refractivity contribution in [3.8, 4) is 5.88 Å². The van der Waals surface area contributed by atoms with Gasteiger partial charge in [-0.2, -0.15) is 0 Å². The molecular formula is C12H16N2O3. The molecule has 0 atom stereocenters. The number of hydrogen-bond donors (Lipinski definition) is 1. The predicted molar refractivity (Wildman–Crippen MR) is 62.9 cm³/mol. The van der Waals surface area contributed by atoms with Crippen molar-refractivity contribution in [2.45, 2.75) is 32.3 Å². The quantitative estimate of drug-likeness (QED) is 0.806. The maximum absolute atomic E-state index is 11.6. The van der Waals surface area contributed by atoms with Crippen molar-refractivity contribution in [3.63, 3.8) is 0 Å². The molecule has 0 amide bonds. The summed E-state index contributed by atoms with van der Waals surface area (Å²) in [6.45, 7) is 2.07. The van der Waals surface area contributed by atoms with E-state index in [1.165, 1.54) is 12.6 Å². The first kappa shape index (κ1) is 11.7. The molecule has 0 bridgehead atoms. The third-order valence-electron chi connectivity index (χ3n) is 2.78. The Labute approximate surface area is 99.9 Å². The molecular weight excluding hydrogens is 220 g/mol. The van der Waals surface area contributed by atoms with Gasteiger partial charge in [-0.1, -0.05) is 0 Å². The Morgan fingerprint density at radius 1 is 1.59 bits per heavy atom. The SMILES string of the molecule is CCOC(=O)c1ccnc(OC2CCC2)c1N. The van der Waals surface area contributed by atoms with Crippen LogP contribution in [0.25, 0.3) is 0 Å². The first-order valence-corrected chi connectivity index (χ1v) is 5.80. The molecule has 2 N–H and O–H groups in total. The molecule has 17 heavy (non-hydrogen) atoms. The predicted octanol–water partition coefficient (Wildman–Crippen LogP) is 1.77. The third-order valence-corrected chi connectivity index (χ3v) is 2.78. The van der Waals surface area contributed by atoms with Crippen LogP contribution >= 0.6 is 0 Å². The van der Waals surface area contributed by atoms with Crippen LogP contribution in [0.5, 0.6) is 5.88 Å². The van der Waals surface area contributed by atoms with Gasteiger partial charge in [0.2, 0.25) is 5.88 Å². The third kappa shape index (κ3) is 2.49. The molecule has 0 radical (unpaired) electrons. The molecule has 1 saturated carbocycles. The molecule has 1 aliphatic rings. The molecule has 1 aromatic rings. The van der Waals surface area contributed by atoms with Gasteiger partial charge in [0.1, 0.15) is 11.8 Å². The average molecular weight is 236 g/mol. The Kier molecular flexibility index (Phi) is 3.46. The van der Waals surface area contributed by atoms with E-state index in [0.717, 1.165) is 12.8 Å². The fourth-order valence-electron chi connectivity index (χ4n) is 1.58. The van der Waals surface area contributed by atoms with E-state index >= 15 is 0 Å². The second-order valence-corrected chi connectivity index (χ2v) is 3.97. The highest BCUT2D eigenvalue weighted by Gasteiger charge is 2.22. The summed E-state index contributed by atoms with van der Waals surface area (Å²) in [6.07, 6.45) is 4.90. The topological polar surface area (TPSA) is 74.4 Å². The number of rotatable bonds is 4. The summed E-state index contributed by atoms with van der Waals surface area (Å²) in [5.41, 5.74) is 6.43. The minimum Gasteiger partial charge on any atom is -0.473 e. The second kappa shape index (κ2) is 5.03. The minimum atomic E-state index is -0.439. The number of anilines is 1. The Balaban J connectivity index is 2.16. The Morgan fingerprint density at radius 3 is 2.94 bits per heavy atom. The summed E-state index contributed by atoms with van der Waals surface area (Å²) < 4.78 is 10.5. The molecule has 1 aromatic heterocycles. The number of pyridine rings is 1. The maximum atomic E-state index is 11.6. The van der Waals surface area contributed by atoms with E-state index in [0.29, 0.717) is 18.1 Å². The lowest BCUT2D eigenvalue weighted by Crippen LogP contribution is -2.25. The zero-order valence-corrected chi connectivity index (χ0v) is 9.81. The van der Waals surface area contributed by atoms with Crippen molar-refractivity contribution < 1.29 is 14.3 Å². The first-order chi connectivity index (χ1) is 8.22. The fraction of sp³-hybridized carbons (Fsp3) is 0.500. The van der Waals surface area contributed by atoms with E-state index in [4.69, 9.17) is 15.2 Å². The molecule has 92 valence electrons. The number of nitrogens with two attached hydrogens (primary N) is 1. The number of hydrogen-bond acceptors (Lipinski definition) is 5. The average Bonchev–Trinajstić information content (AvgIpc) is 2.25. The van der Waals surface area contributed by atoms with Gasteiger partial charge in [0.15, 0.2) is 0 Å². The Morgan fingerprint density at radius 2 is 2.35 bits per heavy atom. The van der Waals surface area contributed by atoms with Gasteiger partial charge >= 0.3 is 5.97 Å². The molecule has 0 saturated heterocycles. The van der Waals surface area contributed by atoms with Crippen LogP contribution in [-0.2, 0) is 4.74 Å². The van der Waals surface area contributed by atoms with Gasteiger partial charge in [0.05, 0.1) is 12.2 Å². The number of nitrogen functional groups attached to an aromatic ring is 1. The Bertz CT molecular complexity index is 416. The number of carbonyl (C=O) groups is 1. The molecule has 0 aromatic carbocycles. The second-order valence-electron chi connectivity index (χ2n) is 3.97. The smallest absolute Gasteiger partial charge is 0.340 e. The summed E-state index contributed by atoms with van der Waals surface area (Å²) in [5.74, 6) is -0.105. The van der Waals surface area contributed by atoms with E-state index in [2.05, 4.69) is 4.98 Å². The molecule has 1 heterocycles. The number of aromatic nitrogens is 1. The molecule has 0 unspecified atom stereocenters. The van der Waals surface area contributed by atoms with Crippen LogP contribution in [0.4, 0.5) is 5.69 Å². The van der Waals surface area contributed by atoms with Crippen molar-refractivity contribution >= 4 is 11.7 Å². The van der Waals surface area contributed by atoms with Gasteiger partial charge < -0.3 is 15.2 Å². The zero-order chi connectivity index (χ0) is 12.3. The monoisotopic (exact) mass is 236 g/mol. The van der Waals surface area contributed by atoms with Crippen LogP contribution in [0.1, 0.15) is 36.5 Å². The van der Waals surface area contributed by atoms with Gasteiger partial charge in [-0.25, -0.2) is 9.78 Å². The molecule has 5 heteroatoms. The van der Waals surface area contributed by atoms with Gasteiger partial charge in [-0.3, -0.25) is 0 Å². The molecule has 1 fully saturated rings. The van der Waals surface area contributed by atoms with E-state index in [9.17, 15) is 4.79 Å². The standard InChI is InChI=1S/C12H16N2O3/c1-2-16-12(15)9-6-7-14-11(10(9)13)17-8-4-3-5-8/h6-8H,2-5,13H2,1H3. The van der Waals surface area contributed by atoms with Crippen molar-refractivity contribution in [1.29, 1.82) is 0 Å². The number of nitrogens with zero attached hydrogens (tertiary/aromatic N) is 1. The largest absolute Gasteiger partial charge is 0.473 e. The van der Waals surface area contributed by atoms with Crippen LogP contribution in [-0.4, -0.2) is 23.7 Å². The summed E-state index contributed by atoms with van der Waals surface area (Å²) in [6, 6.07) is 1.54. The van der Waals surface area contributed by atoms with Crippen LogP contribution in [0.2, 0.25) is 0 Å². The van der Waals surface area contributed by atoms with E-state index in [1.54, 1.807) is 13.0 Å². The summed E-state index contributed by atoms with van der Waals surface area (Å²) in [5, 5.41) is 0. The lowest BCUT2D eigenvalue weighted by Gasteiger charge is -2.26. The van der Waals surface area contributed by atoms with E-state index in [-0.39, 0.29) is 11.8 Å². The zero-order valence-electron chi connectivity index (χ0n) is 9.81. The van der Waals surface area contributed by atoms with Gasteiger partial charge in [-0.05, 0) is 32.3 Å². The fourth-order valence-corrected chi connectivity index (χ4v) is 1.58. The normalized spacial score (nSPS) is 15.1. The summed E-state index contributed by atoms with van der Waals surface area (Å²) >= 11 is 0. The number of ether oxygens (including phenoxy) is 2. The van der Waals surface area contributed by atoms with Gasteiger partial charge in [0.25, 0.3) is 0 Å². The van der Waals surface area contributed by atoms with Gasteiger partial charge in [-0.15, -0.1) is 0 Å². The minimum absolute atomic E-state index is 0.183. The van der Waals surface area contributed by atoms with Crippen LogP contribution in [0.15, 0.2) is 12.3 Å². The lowest BCUT2D eigenvalue weighted by molar-refractivity contribution is 0.0526. The molecule has 0 aliphatic heterocycles. The van der Waals surface area contributed by atoms with E-state index < -0.39 is 5.97 Å². The highest BCUT2D eigenvalue weighted by atomic mass is 16.5. The van der Waals surface area contributed by atoms with Crippen LogP contribution in [0, 0.1) is 0 Å². The van der Waals surface area contributed by atoms with Crippen molar-refractivity contribution in [2.75, 3.05) is 12.3 Å². The molecule has 5 nitrogen and oxygen atoms in total. The number of carbonyl (C=O) groups excluding carboxylic acids is 1. The first-order valence-electron chi connectivity index (χ1n) is 5.80.